The fourth-order valence-corrected chi connectivity index (χ4v) is 3.92. The van der Waals surface area contributed by atoms with E-state index in [-0.39, 0.29) is 23.1 Å². The van der Waals surface area contributed by atoms with Crippen LogP contribution >= 0.6 is 11.8 Å². The molecule has 0 radical (unpaired) electrons. The van der Waals surface area contributed by atoms with Gasteiger partial charge in [-0.05, 0) is 35.9 Å². The van der Waals surface area contributed by atoms with Crippen LogP contribution in [0.4, 0.5) is 4.39 Å². The summed E-state index contributed by atoms with van der Waals surface area (Å²) in [5.74, 6) is 0.692. The quantitative estimate of drug-likeness (QED) is 0.925. The average molecular weight is 335 g/mol. The van der Waals surface area contributed by atoms with Gasteiger partial charge in [0.1, 0.15) is 5.82 Å². The van der Waals surface area contributed by atoms with Gasteiger partial charge in [-0.2, -0.15) is 0 Å². The minimum Gasteiger partial charge on any atom is -0.306 e. The lowest BCUT2D eigenvalue weighted by Gasteiger charge is -2.26. The first kappa shape index (κ1) is 16.0. The monoisotopic (exact) mass is 335 g/mol. The molecular weight excluding hydrogens is 317 g/mol. The normalized spacial score (nSPS) is 17.1. The molecule has 1 N–H and O–H groups in total. The molecule has 2 heterocycles. The van der Waals surface area contributed by atoms with Crippen molar-refractivity contribution in [3.05, 3.63) is 62.2 Å². The van der Waals surface area contributed by atoms with E-state index >= 15 is 0 Å². The molecule has 1 aliphatic rings. The minimum atomic E-state index is -0.347. The number of hydrogen-bond donors (Lipinski definition) is 1. The van der Waals surface area contributed by atoms with E-state index in [1.165, 1.54) is 17.7 Å². The Bertz CT molecular complexity index is 859. The molecule has 2 aromatic rings. The molecule has 0 fully saturated rings. The third-order valence-corrected chi connectivity index (χ3v) is 5.19. The van der Waals surface area contributed by atoms with E-state index in [0.717, 1.165) is 27.2 Å². The standard InChI is InChI=1S/C16H18FN3O2S/c1-19-9-10(15(21)20(2)16(19)22)8-18-13-5-6-23-14-4-3-11(17)7-12(13)14/h3-4,7,9,13,18H,5-6,8H2,1-2H3. The van der Waals surface area contributed by atoms with Gasteiger partial charge in [0.25, 0.3) is 5.56 Å². The molecule has 0 amide bonds. The van der Waals surface area contributed by atoms with Crippen LogP contribution < -0.4 is 16.6 Å². The summed E-state index contributed by atoms with van der Waals surface area (Å²) in [6.07, 6.45) is 2.43. The maximum atomic E-state index is 13.5. The summed E-state index contributed by atoms with van der Waals surface area (Å²) in [4.78, 5) is 24.9. The molecule has 1 aliphatic heterocycles. The second-order valence-electron chi connectivity index (χ2n) is 5.66. The molecule has 5 nitrogen and oxygen atoms in total. The maximum Gasteiger partial charge on any atom is 0.330 e. The summed E-state index contributed by atoms with van der Waals surface area (Å²) in [6, 6.07) is 4.83. The van der Waals surface area contributed by atoms with Crippen LogP contribution in [0.15, 0.2) is 38.9 Å². The highest BCUT2D eigenvalue weighted by Gasteiger charge is 2.21. The number of hydrogen-bond acceptors (Lipinski definition) is 4. The Morgan fingerprint density at radius 2 is 2.13 bits per heavy atom. The molecule has 7 heteroatoms. The largest absolute Gasteiger partial charge is 0.330 e. The van der Waals surface area contributed by atoms with Crippen molar-refractivity contribution in [1.82, 2.24) is 14.5 Å². The molecule has 0 saturated heterocycles. The predicted octanol–water partition coefficient (Wildman–Crippen LogP) is 1.55. The number of rotatable bonds is 3. The summed E-state index contributed by atoms with van der Waals surface area (Å²) >= 11 is 1.71. The van der Waals surface area contributed by atoms with Gasteiger partial charge in [0.15, 0.2) is 0 Å². The van der Waals surface area contributed by atoms with Gasteiger partial charge in [0.2, 0.25) is 0 Å². The van der Waals surface area contributed by atoms with Crippen LogP contribution in [0.1, 0.15) is 23.6 Å². The van der Waals surface area contributed by atoms with Crippen molar-refractivity contribution in [2.24, 2.45) is 14.1 Å². The van der Waals surface area contributed by atoms with E-state index in [0.29, 0.717) is 12.1 Å². The highest BCUT2D eigenvalue weighted by molar-refractivity contribution is 7.99. The van der Waals surface area contributed by atoms with E-state index in [9.17, 15) is 14.0 Å². The molecule has 122 valence electrons. The van der Waals surface area contributed by atoms with Gasteiger partial charge in [-0.15, -0.1) is 11.8 Å². The number of aryl methyl sites for hydroxylation is 1. The first-order valence-corrected chi connectivity index (χ1v) is 8.37. The Labute approximate surface area is 137 Å². The van der Waals surface area contributed by atoms with Gasteiger partial charge in [-0.1, -0.05) is 0 Å². The maximum absolute atomic E-state index is 13.5. The van der Waals surface area contributed by atoms with Crippen LogP contribution in [0.25, 0.3) is 0 Å². The van der Waals surface area contributed by atoms with E-state index in [1.54, 1.807) is 37.1 Å². The van der Waals surface area contributed by atoms with Gasteiger partial charge in [-0.25, -0.2) is 9.18 Å². The second kappa shape index (κ2) is 6.33. The number of nitrogens with one attached hydrogen (secondary N) is 1. The first-order valence-electron chi connectivity index (χ1n) is 7.38. The number of nitrogens with zero attached hydrogens (tertiary/aromatic N) is 2. The van der Waals surface area contributed by atoms with Crippen LogP contribution in [0, 0.1) is 5.82 Å². The summed E-state index contributed by atoms with van der Waals surface area (Å²) in [6.45, 7) is 0.339. The summed E-state index contributed by atoms with van der Waals surface area (Å²) in [5, 5.41) is 3.33. The Balaban J connectivity index is 1.85. The van der Waals surface area contributed by atoms with E-state index in [4.69, 9.17) is 0 Å². The molecule has 23 heavy (non-hydrogen) atoms. The molecule has 1 aromatic heterocycles. The summed E-state index contributed by atoms with van der Waals surface area (Å²) in [5.41, 5.74) is 0.805. The van der Waals surface area contributed by atoms with Gasteiger partial charge >= 0.3 is 5.69 Å². The molecule has 3 rings (SSSR count). The fraction of sp³-hybridized carbons (Fsp3) is 0.375. The first-order chi connectivity index (χ1) is 11.0. The lowest BCUT2D eigenvalue weighted by molar-refractivity contribution is 0.498. The van der Waals surface area contributed by atoms with Crippen LogP contribution in [-0.4, -0.2) is 14.9 Å². The smallest absolute Gasteiger partial charge is 0.306 e. The van der Waals surface area contributed by atoms with Crippen molar-refractivity contribution in [2.45, 2.75) is 23.9 Å². The topological polar surface area (TPSA) is 56.0 Å². The number of benzene rings is 1. The highest BCUT2D eigenvalue weighted by atomic mass is 32.2. The Kier molecular flexibility index (Phi) is 4.41. The summed E-state index contributed by atoms with van der Waals surface area (Å²) in [7, 11) is 3.09. The van der Waals surface area contributed by atoms with E-state index in [1.807, 2.05) is 0 Å². The number of aromatic nitrogens is 2. The zero-order valence-corrected chi connectivity index (χ0v) is 13.8. The fourth-order valence-electron chi connectivity index (χ4n) is 2.81. The molecule has 0 aliphatic carbocycles. The van der Waals surface area contributed by atoms with Crippen molar-refractivity contribution in [1.29, 1.82) is 0 Å². The molecule has 0 bridgehead atoms. The van der Waals surface area contributed by atoms with Gasteiger partial charge in [0, 0.05) is 43.3 Å². The van der Waals surface area contributed by atoms with Gasteiger partial charge in [0.05, 0.1) is 0 Å². The molecule has 0 saturated carbocycles. The van der Waals surface area contributed by atoms with E-state index < -0.39 is 0 Å². The number of fused-ring (bicyclic) bond motifs is 1. The molecule has 0 spiro atoms. The van der Waals surface area contributed by atoms with Crippen molar-refractivity contribution in [2.75, 3.05) is 5.75 Å². The third kappa shape index (κ3) is 3.11. The highest BCUT2D eigenvalue weighted by Crippen LogP contribution is 2.36. The lowest BCUT2D eigenvalue weighted by atomic mass is 10.0. The molecule has 1 atom stereocenters. The zero-order valence-electron chi connectivity index (χ0n) is 13.0. The minimum absolute atomic E-state index is 0.00360. The summed E-state index contributed by atoms with van der Waals surface area (Å²) < 4.78 is 16.0. The van der Waals surface area contributed by atoms with Crippen LogP contribution in [0.2, 0.25) is 0 Å². The second-order valence-corrected chi connectivity index (χ2v) is 6.80. The van der Waals surface area contributed by atoms with Crippen molar-refractivity contribution >= 4 is 11.8 Å². The Morgan fingerprint density at radius 1 is 1.35 bits per heavy atom. The Hall–Kier alpha value is -1.86. The van der Waals surface area contributed by atoms with Crippen molar-refractivity contribution < 1.29 is 4.39 Å². The molecular formula is C16H18FN3O2S. The zero-order chi connectivity index (χ0) is 16.6. The van der Waals surface area contributed by atoms with Crippen LogP contribution in [-0.2, 0) is 20.6 Å². The average Bonchev–Trinajstić information content (AvgIpc) is 2.55. The van der Waals surface area contributed by atoms with Gasteiger partial charge < -0.3 is 9.88 Å². The SMILES string of the molecule is Cn1cc(CNC2CCSc3ccc(F)cc32)c(=O)n(C)c1=O. The van der Waals surface area contributed by atoms with Crippen LogP contribution in [0.3, 0.4) is 0 Å². The van der Waals surface area contributed by atoms with Gasteiger partial charge in [-0.3, -0.25) is 9.36 Å². The number of thioether (sulfide) groups is 1. The lowest BCUT2D eigenvalue weighted by Crippen LogP contribution is -2.40. The van der Waals surface area contributed by atoms with Crippen molar-refractivity contribution in [3.63, 3.8) is 0 Å². The predicted molar refractivity (Wildman–Crippen MR) is 88.2 cm³/mol. The molecule has 1 unspecified atom stereocenters. The number of halogens is 1. The van der Waals surface area contributed by atoms with E-state index in [2.05, 4.69) is 5.32 Å². The molecule has 1 aromatic carbocycles. The van der Waals surface area contributed by atoms with Crippen LogP contribution in [0.5, 0.6) is 0 Å². The van der Waals surface area contributed by atoms with Crippen molar-refractivity contribution in [3.8, 4) is 0 Å². The Morgan fingerprint density at radius 3 is 2.91 bits per heavy atom. The third-order valence-electron chi connectivity index (χ3n) is 4.07.